The molecule has 0 heterocycles. The summed E-state index contributed by atoms with van der Waals surface area (Å²) >= 11 is 0. The molecule has 9 heteroatoms. The summed E-state index contributed by atoms with van der Waals surface area (Å²) in [6.07, 6.45) is 94.9. The van der Waals surface area contributed by atoms with E-state index >= 15 is 0 Å². The van der Waals surface area contributed by atoms with Gasteiger partial charge in [0.1, 0.15) is 13.2 Å². The van der Waals surface area contributed by atoms with Crippen LogP contribution in [0.2, 0.25) is 0 Å². The van der Waals surface area contributed by atoms with Crippen LogP contribution in [0, 0.1) is 0 Å². The molecule has 0 aliphatic carbocycles. The minimum atomic E-state index is -4.36. The van der Waals surface area contributed by atoms with E-state index in [0.29, 0.717) is 17.4 Å². The molecule has 0 saturated heterocycles. The average Bonchev–Trinajstić information content (AvgIpc) is 3.64. The van der Waals surface area contributed by atoms with Gasteiger partial charge < -0.3 is 19.8 Å². The van der Waals surface area contributed by atoms with E-state index in [0.717, 1.165) is 38.5 Å². The van der Waals surface area contributed by atoms with Crippen molar-refractivity contribution in [2.75, 3.05) is 40.9 Å². The number of nitrogens with one attached hydrogen (secondary N) is 1. The Hall–Kier alpha value is -1.28. The van der Waals surface area contributed by atoms with Gasteiger partial charge in [0.25, 0.3) is 0 Å². The molecular formula is C79H156N2O6P+. The lowest BCUT2D eigenvalue weighted by Crippen LogP contribution is -2.45. The molecule has 0 fully saturated rings. The number of aliphatic hydroxyl groups excluding tert-OH is 1. The van der Waals surface area contributed by atoms with Gasteiger partial charge in [-0.05, 0) is 57.8 Å². The second kappa shape index (κ2) is 70.0. The van der Waals surface area contributed by atoms with Crippen molar-refractivity contribution in [3.05, 3.63) is 36.5 Å². The van der Waals surface area contributed by atoms with Crippen LogP contribution >= 0.6 is 7.82 Å². The minimum absolute atomic E-state index is 0.0584. The van der Waals surface area contributed by atoms with Gasteiger partial charge in [0.15, 0.2) is 0 Å². The standard InChI is InChI=1S/C79H155N2O6P/c1-6-8-10-12-14-16-18-20-22-24-26-28-30-32-34-36-38-39-40-41-43-45-47-49-51-53-55-57-59-61-63-65-67-69-71-73-79(83)80-77(76-87-88(84,85)86-75-74-81(3,4)5)78(82)72-70-68-66-64-62-60-58-56-54-52-50-48-46-44-42-37-35-33-31-29-27-25-23-21-19-17-15-13-11-9-7-2/h24,26,62,64,70,72,77-78,82H,6-23,25,27-61,63,65-69,71,73-76H2,1-5H3,(H-,80,83,84,85)/p+1/b26-24-,64-62+,72-70+. The predicted octanol–water partition coefficient (Wildman–Crippen LogP) is 25.6. The van der Waals surface area contributed by atoms with E-state index in [4.69, 9.17) is 9.05 Å². The molecule has 0 radical (unpaired) electrons. The van der Waals surface area contributed by atoms with Gasteiger partial charge in [-0.15, -0.1) is 0 Å². The zero-order chi connectivity index (χ0) is 64.1. The van der Waals surface area contributed by atoms with E-state index in [2.05, 4.69) is 43.5 Å². The molecule has 0 aromatic carbocycles. The van der Waals surface area contributed by atoms with Crippen molar-refractivity contribution >= 4 is 13.7 Å². The summed E-state index contributed by atoms with van der Waals surface area (Å²) in [4.78, 5) is 23.5. The van der Waals surface area contributed by atoms with E-state index in [9.17, 15) is 19.4 Å². The highest BCUT2D eigenvalue weighted by molar-refractivity contribution is 7.47. The number of aliphatic hydroxyl groups is 1. The molecule has 0 aromatic heterocycles. The van der Waals surface area contributed by atoms with E-state index in [1.165, 1.54) is 353 Å². The third-order valence-corrected chi connectivity index (χ3v) is 19.3. The number of amides is 1. The Labute approximate surface area is 550 Å². The Morgan fingerprint density at radius 1 is 0.375 bits per heavy atom. The molecule has 0 aliphatic rings. The lowest BCUT2D eigenvalue weighted by atomic mass is 10.0. The van der Waals surface area contributed by atoms with E-state index in [-0.39, 0.29) is 19.1 Å². The molecule has 522 valence electrons. The largest absolute Gasteiger partial charge is 0.472 e. The van der Waals surface area contributed by atoms with Gasteiger partial charge in [0.2, 0.25) is 5.91 Å². The van der Waals surface area contributed by atoms with Gasteiger partial charge in [-0.1, -0.05) is 384 Å². The number of phosphoric acid groups is 1. The summed E-state index contributed by atoms with van der Waals surface area (Å²) in [7, 11) is 1.58. The molecule has 3 unspecified atom stereocenters. The van der Waals surface area contributed by atoms with Crippen LogP contribution in [0.4, 0.5) is 0 Å². The number of carbonyl (C=O) groups is 1. The van der Waals surface area contributed by atoms with Gasteiger partial charge in [-0.3, -0.25) is 13.8 Å². The number of likely N-dealkylation sites (N-methyl/N-ethyl adjacent to an activating group) is 1. The number of carbonyl (C=O) groups excluding carboxylic acids is 1. The van der Waals surface area contributed by atoms with Gasteiger partial charge >= 0.3 is 7.82 Å². The van der Waals surface area contributed by atoms with Crippen LogP contribution < -0.4 is 5.32 Å². The van der Waals surface area contributed by atoms with Crippen LogP contribution in [0.3, 0.4) is 0 Å². The van der Waals surface area contributed by atoms with Gasteiger partial charge in [0.05, 0.1) is 39.9 Å². The van der Waals surface area contributed by atoms with Gasteiger partial charge in [0, 0.05) is 6.42 Å². The average molecular weight is 1260 g/mol. The SMILES string of the molecule is CCCCCCCCCC/C=C\CCCCCCCCCCCCCCCCCCCCCCCCCC(=O)NC(COP(=O)(O)OCC[N+](C)(C)C)C(O)/C=C/CC/C=C/CCCCCCCCCCCCCCCCCCCCCCCCCCC. The number of hydrogen-bond donors (Lipinski definition) is 3. The second-order valence-electron chi connectivity index (χ2n) is 28.4. The number of nitrogens with zero attached hydrogens (tertiary/aromatic N) is 1. The Balaban J connectivity index is 3.99. The smallest absolute Gasteiger partial charge is 0.387 e. The van der Waals surface area contributed by atoms with Crippen LogP contribution in [-0.4, -0.2) is 73.4 Å². The summed E-state index contributed by atoms with van der Waals surface area (Å²) < 4.78 is 23.9. The fraction of sp³-hybridized carbons (Fsp3) is 0.911. The summed E-state index contributed by atoms with van der Waals surface area (Å²) in [5.74, 6) is -0.178. The fourth-order valence-electron chi connectivity index (χ4n) is 12.2. The highest BCUT2D eigenvalue weighted by Gasteiger charge is 2.28. The van der Waals surface area contributed by atoms with Gasteiger partial charge in [-0.2, -0.15) is 0 Å². The van der Waals surface area contributed by atoms with Crippen molar-refractivity contribution in [3.8, 4) is 0 Å². The molecule has 3 N–H and O–H groups in total. The van der Waals surface area contributed by atoms with Crippen LogP contribution in [0.25, 0.3) is 0 Å². The van der Waals surface area contributed by atoms with Crippen molar-refractivity contribution < 1.29 is 32.9 Å². The summed E-state index contributed by atoms with van der Waals surface area (Å²) in [5.41, 5.74) is 0. The zero-order valence-electron chi connectivity index (χ0n) is 60.0. The monoisotopic (exact) mass is 1260 g/mol. The van der Waals surface area contributed by atoms with Crippen LogP contribution in [-0.2, 0) is 18.4 Å². The quantitative estimate of drug-likeness (QED) is 0.0243. The Bertz CT molecular complexity index is 1530. The van der Waals surface area contributed by atoms with E-state index < -0.39 is 20.0 Å². The summed E-state index contributed by atoms with van der Waals surface area (Å²) in [5, 5.41) is 14.0. The third-order valence-electron chi connectivity index (χ3n) is 18.3. The van der Waals surface area contributed by atoms with Crippen molar-refractivity contribution in [1.29, 1.82) is 0 Å². The van der Waals surface area contributed by atoms with E-state index in [1.54, 1.807) is 6.08 Å². The first-order valence-electron chi connectivity index (χ1n) is 39.4. The molecule has 8 nitrogen and oxygen atoms in total. The van der Waals surface area contributed by atoms with Crippen LogP contribution in [0.5, 0.6) is 0 Å². The Morgan fingerprint density at radius 3 is 0.909 bits per heavy atom. The molecule has 0 saturated carbocycles. The Kier molecular flexibility index (Phi) is 69.0. The Morgan fingerprint density at radius 2 is 0.625 bits per heavy atom. The molecule has 0 aromatic rings. The van der Waals surface area contributed by atoms with E-state index in [1.807, 2.05) is 27.2 Å². The zero-order valence-corrected chi connectivity index (χ0v) is 60.9. The highest BCUT2D eigenvalue weighted by Crippen LogP contribution is 2.43. The normalized spacial score (nSPS) is 13.7. The predicted molar refractivity (Wildman–Crippen MR) is 388 cm³/mol. The first-order valence-corrected chi connectivity index (χ1v) is 40.9. The highest BCUT2D eigenvalue weighted by atomic mass is 31.2. The van der Waals surface area contributed by atoms with Crippen molar-refractivity contribution in [2.45, 2.75) is 424 Å². The first kappa shape index (κ1) is 86.7. The first-order chi connectivity index (χ1) is 43.0. The number of hydrogen-bond acceptors (Lipinski definition) is 5. The van der Waals surface area contributed by atoms with Crippen molar-refractivity contribution in [1.82, 2.24) is 5.32 Å². The number of rotatable bonds is 74. The topological polar surface area (TPSA) is 105 Å². The van der Waals surface area contributed by atoms with Crippen LogP contribution in [0.1, 0.15) is 412 Å². The molecule has 0 rings (SSSR count). The number of unbranched alkanes of at least 4 members (excludes halogenated alkanes) is 57. The molecule has 0 spiro atoms. The molecule has 3 atom stereocenters. The van der Waals surface area contributed by atoms with Crippen molar-refractivity contribution in [3.63, 3.8) is 0 Å². The second-order valence-corrected chi connectivity index (χ2v) is 29.9. The maximum absolute atomic E-state index is 13.1. The third kappa shape index (κ3) is 72.2. The maximum Gasteiger partial charge on any atom is 0.472 e. The lowest BCUT2D eigenvalue weighted by Gasteiger charge is -2.25. The van der Waals surface area contributed by atoms with Gasteiger partial charge in [-0.25, -0.2) is 4.57 Å². The molecule has 88 heavy (non-hydrogen) atoms. The molecule has 0 aliphatic heterocycles. The van der Waals surface area contributed by atoms with Crippen LogP contribution in [0.15, 0.2) is 36.5 Å². The van der Waals surface area contributed by atoms with Crippen molar-refractivity contribution in [2.24, 2.45) is 0 Å². The lowest BCUT2D eigenvalue weighted by molar-refractivity contribution is -0.870. The summed E-state index contributed by atoms with van der Waals surface area (Å²) in [6, 6.07) is -0.864. The molecular weight excluding hydrogens is 1100 g/mol. The molecule has 1 amide bonds. The number of allylic oxidation sites excluding steroid dienone is 5. The minimum Gasteiger partial charge on any atom is -0.387 e. The maximum atomic E-state index is 13.1. The number of quaternary nitrogens is 1. The molecule has 0 bridgehead atoms. The summed E-state index contributed by atoms with van der Waals surface area (Å²) in [6.45, 7) is 4.86. The fourth-order valence-corrected chi connectivity index (χ4v) is 13.0. The number of phosphoric ester groups is 1.